The predicted octanol–water partition coefficient (Wildman–Crippen LogP) is 3.50. The molecule has 1 saturated carbocycles. The van der Waals surface area contributed by atoms with Crippen LogP contribution in [0.25, 0.3) is 11.4 Å². The molecular weight excluding hydrogens is 399 g/mol. The summed E-state index contributed by atoms with van der Waals surface area (Å²) in [5, 5.41) is 4.74. The van der Waals surface area contributed by atoms with Crippen molar-refractivity contribution >= 4 is 12.2 Å². The molecule has 1 atom stereocenters. The molecule has 1 aromatic carbocycles. The van der Waals surface area contributed by atoms with Crippen molar-refractivity contribution in [2.24, 2.45) is 0 Å². The Morgan fingerprint density at radius 3 is 2.48 bits per heavy atom. The first-order chi connectivity index (χ1) is 13.8. The maximum Gasteiger partial charge on any atom is 0.416 e. The average Bonchev–Trinajstić information content (AvgIpc) is 3.47. The minimum absolute atomic E-state index is 0.377. The topological polar surface area (TPSA) is 40.1 Å². The lowest BCUT2D eigenvalue weighted by molar-refractivity contribution is -0.917. The number of hydrogen-bond acceptors (Lipinski definition) is 3. The SMILES string of the molecule is C[NH+](Cc1ccc(C(F)(F)F)cc1)Cn1nc(-c2cccnc2)n(C2CC2)c1=S. The minimum atomic E-state index is -4.32. The standard InChI is InChI=1S/C20H20F3N5S/c1-26(12-14-4-6-16(7-5-14)20(21,22)23)13-27-19(29)28(17-8-9-17)18(25-27)15-3-2-10-24-11-15/h2-7,10-11,17H,8-9,12-13H2,1H3/p+1. The Morgan fingerprint density at radius 2 is 1.90 bits per heavy atom. The molecule has 0 aliphatic heterocycles. The fraction of sp³-hybridized carbons (Fsp3) is 0.350. The number of hydrogen-bond donors (Lipinski definition) is 1. The molecule has 0 bridgehead atoms. The quantitative estimate of drug-likeness (QED) is 0.621. The molecule has 1 aliphatic carbocycles. The van der Waals surface area contributed by atoms with E-state index in [9.17, 15) is 13.2 Å². The van der Waals surface area contributed by atoms with Crippen LogP contribution in [-0.2, 0) is 19.4 Å². The molecule has 1 unspecified atom stereocenters. The van der Waals surface area contributed by atoms with Crippen LogP contribution < -0.4 is 4.90 Å². The molecule has 1 N–H and O–H groups in total. The van der Waals surface area contributed by atoms with Crippen LogP contribution in [-0.4, -0.2) is 26.4 Å². The van der Waals surface area contributed by atoms with Crippen molar-refractivity contribution in [3.63, 3.8) is 0 Å². The van der Waals surface area contributed by atoms with Crippen molar-refractivity contribution in [2.75, 3.05) is 7.05 Å². The molecule has 2 aromatic heterocycles. The van der Waals surface area contributed by atoms with Crippen LogP contribution in [0.1, 0.15) is 30.0 Å². The van der Waals surface area contributed by atoms with E-state index in [4.69, 9.17) is 17.3 Å². The Kier molecular flexibility index (Phi) is 5.26. The summed E-state index contributed by atoms with van der Waals surface area (Å²) in [6, 6.07) is 9.50. The smallest absolute Gasteiger partial charge is 0.315 e. The molecule has 5 nitrogen and oxygen atoms in total. The number of halogens is 3. The van der Waals surface area contributed by atoms with Crippen molar-refractivity contribution in [1.82, 2.24) is 19.3 Å². The first-order valence-corrected chi connectivity index (χ1v) is 9.81. The highest BCUT2D eigenvalue weighted by Crippen LogP contribution is 2.38. The molecule has 0 saturated heterocycles. The lowest BCUT2D eigenvalue weighted by atomic mass is 10.1. The van der Waals surface area contributed by atoms with Gasteiger partial charge in [-0.05, 0) is 49.3 Å². The third-order valence-electron chi connectivity index (χ3n) is 4.91. The Bertz CT molecular complexity index is 1040. The molecule has 9 heteroatoms. The van der Waals surface area contributed by atoms with Crippen LogP contribution >= 0.6 is 12.2 Å². The summed E-state index contributed by atoms with van der Waals surface area (Å²) in [7, 11) is 1.97. The van der Waals surface area contributed by atoms with Gasteiger partial charge in [0, 0.05) is 29.6 Å². The second-order valence-corrected chi connectivity index (χ2v) is 7.80. The zero-order valence-electron chi connectivity index (χ0n) is 15.9. The van der Waals surface area contributed by atoms with Crippen molar-refractivity contribution in [3.8, 4) is 11.4 Å². The summed E-state index contributed by atoms with van der Waals surface area (Å²) in [5.41, 5.74) is 1.12. The summed E-state index contributed by atoms with van der Waals surface area (Å²) in [6.07, 6.45) is 1.35. The van der Waals surface area contributed by atoms with E-state index in [-0.39, 0.29) is 0 Å². The van der Waals surface area contributed by atoms with Crippen LogP contribution in [0.5, 0.6) is 0 Å². The van der Waals surface area contributed by atoms with Crippen molar-refractivity contribution < 1.29 is 18.1 Å². The summed E-state index contributed by atoms with van der Waals surface area (Å²) in [5.74, 6) is 0.813. The molecule has 1 aliphatic rings. The van der Waals surface area contributed by atoms with E-state index in [1.807, 2.05) is 19.2 Å². The lowest BCUT2D eigenvalue weighted by Crippen LogP contribution is -3.07. The van der Waals surface area contributed by atoms with Crippen molar-refractivity contribution in [3.05, 3.63) is 64.7 Å². The number of rotatable bonds is 6. The van der Waals surface area contributed by atoms with Crippen LogP contribution in [0.15, 0.2) is 48.8 Å². The number of aromatic nitrogens is 4. The van der Waals surface area contributed by atoms with E-state index >= 15 is 0 Å². The molecule has 152 valence electrons. The molecule has 0 radical (unpaired) electrons. The van der Waals surface area contributed by atoms with Gasteiger partial charge in [0.1, 0.15) is 6.54 Å². The van der Waals surface area contributed by atoms with Gasteiger partial charge in [-0.25, -0.2) is 0 Å². The third kappa shape index (κ3) is 4.40. The van der Waals surface area contributed by atoms with Gasteiger partial charge in [-0.1, -0.05) is 12.1 Å². The highest BCUT2D eigenvalue weighted by atomic mass is 32.1. The van der Waals surface area contributed by atoms with Gasteiger partial charge in [-0.15, -0.1) is 5.10 Å². The minimum Gasteiger partial charge on any atom is -0.315 e. The zero-order valence-corrected chi connectivity index (χ0v) is 16.7. The van der Waals surface area contributed by atoms with Gasteiger partial charge >= 0.3 is 6.18 Å². The van der Waals surface area contributed by atoms with E-state index in [1.165, 1.54) is 12.1 Å². The monoisotopic (exact) mass is 420 g/mol. The van der Waals surface area contributed by atoms with E-state index in [0.29, 0.717) is 24.0 Å². The summed E-state index contributed by atoms with van der Waals surface area (Å²) in [6.45, 7) is 1.09. The Hall–Kier alpha value is -2.52. The Balaban J connectivity index is 1.53. The molecule has 4 rings (SSSR count). The van der Waals surface area contributed by atoms with Crippen LogP contribution in [0.3, 0.4) is 0 Å². The van der Waals surface area contributed by atoms with Gasteiger partial charge < -0.3 is 4.90 Å². The van der Waals surface area contributed by atoms with Crippen LogP contribution in [0.2, 0.25) is 0 Å². The second kappa shape index (κ2) is 7.72. The number of quaternary nitrogens is 1. The first kappa shape index (κ1) is 19.8. The Morgan fingerprint density at radius 1 is 1.17 bits per heavy atom. The zero-order chi connectivity index (χ0) is 20.6. The summed E-state index contributed by atoms with van der Waals surface area (Å²) < 4.78 is 42.7. The van der Waals surface area contributed by atoms with Gasteiger partial charge in [0.25, 0.3) is 0 Å². The normalized spacial score (nSPS) is 15.4. The highest BCUT2D eigenvalue weighted by Gasteiger charge is 2.31. The van der Waals surface area contributed by atoms with Gasteiger partial charge in [0.2, 0.25) is 4.77 Å². The number of nitrogens with zero attached hydrogens (tertiary/aromatic N) is 4. The van der Waals surface area contributed by atoms with Gasteiger partial charge in [-0.3, -0.25) is 9.55 Å². The van der Waals surface area contributed by atoms with Crippen LogP contribution in [0, 0.1) is 4.77 Å². The Labute approximate surface area is 171 Å². The summed E-state index contributed by atoms with van der Waals surface area (Å²) >= 11 is 5.67. The second-order valence-electron chi connectivity index (χ2n) is 7.44. The molecule has 29 heavy (non-hydrogen) atoms. The summed E-state index contributed by atoms with van der Waals surface area (Å²) in [4.78, 5) is 5.25. The number of alkyl halides is 3. The molecule has 2 heterocycles. The fourth-order valence-corrected chi connectivity index (χ4v) is 3.69. The average molecular weight is 420 g/mol. The molecule has 1 fully saturated rings. The number of nitrogens with one attached hydrogen (secondary N) is 1. The van der Waals surface area contributed by atoms with Crippen LogP contribution in [0.4, 0.5) is 13.2 Å². The third-order valence-corrected chi connectivity index (χ3v) is 5.32. The van der Waals surface area contributed by atoms with Gasteiger partial charge in [0.15, 0.2) is 12.5 Å². The number of benzene rings is 1. The van der Waals surface area contributed by atoms with E-state index in [1.54, 1.807) is 17.1 Å². The number of pyridine rings is 1. The van der Waals surface area contributed by atoms with Gasteiger partial charge in [0.05, 0.1) is 12.6 Å². The van der Waals surface area contributed by atoms with Gasteiger partial charge in [-0.2, -0.15) is 17.9 Å². The molecule has 0 amide bonds. The lowest BCUT2D eigenvalue weighted by Gasteiger charge is -2.14. The largest absolute Gasteiger partial charge is 0.416 e. The van der Waals surface area contributed by atoms with Crippen molar-refractivity contribution in [2.45, 2.75) is 38.3 Å². The maximum atomic E-state index is 12.7. The van der Waals surface area contributed by atoms with E-state index < -0.39 is 11.7 Å². The van der Waals surface area contributed by atoms with E-state index in [2.05, 4.69) is 9.55 Å². The predicted molar refractivity (Wildman–Crippen MR) is 105 cm³/mol. The van der Waals surface area contributed by atoms with Crippen molar-refractivity contribution in [1.29, 1.82) is 0 Å². The molecule has 0 spiro atoms. The highest BCUT2D eigenvalue weighted by molar-refractivity contribution is 7.71. The maximum absolute atomic E-state index is 12.7. The van der Waals surface area contributed by atoms with E-state index in [0.717, 1.165) is 46.8 Å². The molecular formula is C20H21F3N5S+. The fourth-order valence-electron chi connectivity index (χ4n) is 3.35. The molecule has 3 aromatic rings. The first-order valence-electron chi connectivity index (χ1n) is 9.40.